The highest BCUT2D eigenvalue weighted by atomic mass is 32.2. The molecule has 84 valence electrons. The predicted octanol–water partition coefficient (Wildman–Crippen LogP) is 1.27. The van der Waals surface area contributed by atoms with Crippen LogP contribution in [0.1, 0.15) is 6.92 Å². The Morgan fingerprint density at radius 1 is 1.31 bits per heavy atom. The first kappa shape index (κ1) is 10.9. The van der Waals surface area contributed by atoms with Crippen molar-refractivity contribution in [2.45, 2.75) is 11.8 Å². The SMILES string of the molecule is CCS(=O)(=O)c1cc2ccccc2[n+]([O-])c1. The first-order chi connectivity index (χ1) is 7.54. The molecule has 2 rings (SSSR count). The fourth-order valence-electron chi connectivity index (χ4n) is 1.52. The number of aromatic nitrogens is 1. The molecular formula is C11H11NO3S. The van der Waals surface area contributed by atoms with E-state index in [2.05, 4.69) is 0 Å². The molecule has 1 heterocycles. The van der Waals surface area contributed by atoms with Gasteiger partial charge in [0, 0.05) is 11.5 Å². The van der Waals surface area contributed by atoms with Crippen molar-refractivity contribution < 1.29 is 13.1 Å². The number of benzene rings is 1. The summed E-state index contributed by atoms with van der Waals surface area (Å²) in [5, 5.41) is 12.2. The van der Waals surface area contributed by atoms with Gasteiger partial charge in [-0.1, -0.05) is 19.1 Å². The summed E-state index contributed by atoms with van der Waals surface area (Å²) in [5.41, 5.74) is 0.470. The Hall–Kier alpha value is -1.62. The maximum Gasteiger partial charge on any atom is 0.223 e. The van der Waals surface area contributed by atoms with Crippen LogP contribution in [0.4, 0.5) is 0 Å². The van der Waals surface area contributed by atoms with Crippen molar-refractivity contribution in [2.24, 2.45) is 0 Å². The third kappa shape index (κ3) is 1.74. The number of pyridine rings is 1. The molecule has 0 saturated heterocycles. The van der Waals surface area contributed by atoms with Crippen LogP contribution in [-0.2, 0) is 9.84 Å². The highest BCUT2D eigenvalue weighted by Crippen LogP contribution is 2.15. The smallest absolute Gasteiger partial charge is 0.223 e. The van der Waals surface area contributed by atoms with Gasteiger partial charge in [-0.25, -0.2) is 8.42 Å². The van der Waals surface area contributed by atoms with E-state index >= 15 is 0 Å². The average molecular weight is 237 g/mol. The van der Waals surface area contributed by atoms with Crippen LogP contribution >= 0.6 is 0 Å². The van der Waals surface area contributed by atoms with Gasteiger partial charge in [-0.2, -0.15) is 4.73 Å². The van der Waals surface area contributed by atoms with Gasteiger partial charge in [-0.3, -0.25) is 0 Å². The number of hydrogen-bond acceptors (Lipinski definition) is 3. The zero-order valence-electron chi connectivity index (χ0n) is 8.75. The van der Waals surface area contributed by atoms with E-state index in [1.54, 1.807) is 31.2 Å². The number of fused-ring (bicyclic) bond motifs is 1. The molecule has 16 heavy (non-hydrogen) atoms. The van der Waals surface area contributed by atoms with Crippen molar-refractivity contribution in [3.63, 3.8) is 0 Å². The number of nitrogens with zero attached hydrogens (tertiary/aromatic N) is 1. The fourth-order valence-corrected chi connectivity index (χ4v) is 2.42. The Morgan fingerprint density at radius 3 is 2.69 bits per heavy atom. The fraction of sp³-hybridized carbons (Fsp3) is 0.182. The first-order valence-corrected chi connectivity index (χ1v) is 6.54. The Balaban J connectivity index is 2.77. The Labute approximate surface area is 93.6 Å². The van der Waals surface area contributed by atoms with E-state index in [0.717, 1.165) is 6.20 Å². The van der Waals surface area contributed by atoms with E-state index in [9.17, 15) is 13.6 Å². The van der Waals surface area contributed by atoms with E-state index in [-0.39, 0.29) is 10.6 Å². The molecule has 4 nitrogen and oxygen atoms in total. The van der Waals surface area contributed by atoms with Crippen LogP contribution in [0.2, 0.25) is 0 Å². The normalized spacial score (nSPS) is 11.8. The number of hydrogen-bond donors (Lipinski definition) is 0. The second-order valence-electron chi connectivity index (χ2n) is 3.46. The van der Waals surface area contributed by atoms with Gasteiger partial charge in [0.25, 0.3) is 0 Å². The van der Waals surface area contributed by atoms with Gasteiger partial charge in [-0.05, 0) is 12.1 Å². The molecule has 0 bridgehead atoms. The molecule has 0 aliphatic carbocycles. The molecule has 0 unspecified atom stereocenters. The van der Waals surface area contributed by atoms with Crippen LogP contribution in [0.3, 0.4) is 0 Å². The van der Waals surface area contributed by atoms with E-state index in [0.29, 0.717) is 15.6 Å². The van der Waals surface area contributed by atoms with Crippen molar-refractivity contribution in [3.05, 3.63) is 41.7 Å². The van der Waals surface area contributed by atoms with Crippen molar-refractivity contribution >= 4 is 20.7 Å². The zero-order valence-corrected chi connectivity index (χ0v) is 9.57. The highest BCUT2D eigenvalue weighted by molar-refractivity contribution is 7.91. The number of sulfone groups is 1. The monoisotopic (exact) mass is 237 g/mol. The van der Waals surface area contributed by atoms with Crippen LogP contribution in [-0.4, -0.2) is 14.2 Å². The molecule has 0 atom stereocenters. The lowest BCUT2D eigenvalue weighted by Gasteiger charge is -2.05. The number of rotatable bonds is 2. The van der Waals surface area contributed by atoms with Crippen molar-refractivity contribution in [2.75, 3.05) is 5.75 Å². The van der Waals surface area contributed by atoms with Crippen LogP contribution in [0.5, 0.6) is 0 Å². The second kappa shape index (κ2) is 3.75. The third-order valence-electron chi connectivity index (χ3n) is 2.46. The van der Waals surface area contributed by atoms with Crippen molar-refractivity contribution in [1.82, 2.24) is 0 Å². The molecule has 0 saturated carbocycles. The molecule has 0 radical (unpaired) electrons. The van der Waals surface area contributed by atoms with E-state index in [4.69, 9.17) is 0 Å². The van der Waals surface area contributed by atoms with Crippen LogP contribution in [0, 0.1) is 5.21 Å². The summed E-state index contributed by atoms with van der Waals surface area (Å²) in [7, 11) is -3.33. The lowest BCUT2D eigenvalue weighted by atomic mass is 10.2. The minimum Gasteiger partial charge on any atom is -0.618 e. The summed E-state index contributed by atoms with van der Waals surface area (Å²) in [6.07, 6.45) is 1.11. The lowest BCUT2D eigenvalue weighted by molar-refractivity contribution is -0.579. The van der Waals surface area contributed by atoms with Gasteiger partial charge in [0.15, 0.2) is 16.0 Å². The second-order valence-corrected chi connectivity index (χ2v) is 5.74. The summed E-state index contributed by atoms with van der Waals surface area (Å²) in [6.45, 7) is 1.56. The van der Waals surface area contributed by atoms with Gasteiger partial charge in [0.2, 0.25) is 5.52 Å². The standard InChI is InChI=1S/C11H11NO3S/c1-2-16(14,15)10-7-9-5-3-4-6-11(9)12(13)8-10/h3-8H,2H2,1H3. The Kier molecular flexibility index (Phi) is 2.55. The first-order valence-electron chi connectivity index (χ1n) is 4.89. The molecule has 5 heteroatoms. The van der Waals surface area contributed by atoms with Crippen LogP contribution < -0.4 is 4.73 Å². The van der Waals surface area contributed by atoms with Gasteiger partial charge < -0.3 is 5.21 Å². The lowest BCUT2D eigenvalue weighted by Crippen LogP contribution is -2.28. The molecule has 0 N–H and O–H groups in total. The molecule has 1 aromatic heterocycles. The molecular weight excluding hydrogens is 226 g/mol. The molecule has 0 amide bonds. The van der Waals surface area contributed by atoms with Gasteiger partial charge in [0.1, 0.15) is 4.90 Å². The van der Waals surface area contributed by atoms with E-state index < -0.39 is 9.84 Å². The van der Waals surface area contributed by atoms with Gasteiger partial charge in [0.05, 0.1) is 5.75 Å². The summed E-state index contributed by atoms with van der Waals surface area (Å²) < 4.78 is 23.9. The van der Waals surface area contributed by atoms with Gasteiger partial charge in [-0.15, -0.1) is 0 Å². The minimum absolute atomic E-state index is 0.00859. The van der Waals surface area contributed by atoms with E-state index in [1.165, 1.54) is 6.07 Å². The topological polar surface area (TPSA) is 61.1 Å². The molecule has 2 aromatic rings. The zero-order chi connectivity index (χ0) is 11.8. The summed E-state index contributed by atoms with van der Waals surface area (Å²) in [6, 6.07) is 8.42. The maximum absolute atomic E-state index is 11.6. The molecule has 0 fully saturated rings. The molecule has 0 aliphatic rings. The average Bonchev–Trinajstić information content (AvgIpc) is 2.29. The largest absolute Gasteiger partial charge is 0.618 e. The third-order valence-corrected chi connectivity index (χ3v) is 4.16. The van der Waals surface area contributed by atoms with Crippen LogP contribution in [0.15, 0.2) is 41.4 Å². The van der Waals surface area contributed by atoms with Gasteiger partial charge >= 0.3 is 0 Å². The Morgan fingerprint density at radius 2 is 2.00 bits per heavy atom. The number of para-hydroxylation sites is 1. The summed E-state index contributed by atoms with van der Waals surface area (Å²) in [5.74, 6) is -0.00859. The highest BCUT2D eigenvalue weighted by Gasteiger charge is 2.17. The maximum atomic E-state index is 11.6. The quantitative estimate of drug-likeness (QED) is 0.583. The molecule has 0 aliphatic heterocycles. The van der Waals surface area contributed by atoms with E-state index in [1.807, 2.05) is 0 Å². The summed E-state index contributed by atoms with van der Waals surface area (Å²) in [4.78, 5) is 0.0729. The van der Waals surface area contributed by atoms with Crippen molar-refractivity contribution in [3.8, 4) is 0 Å². The molecule has 0 spiro atoms. The Bertz CT molecular complexity index is 635. The van der Waals surface area contributed by atoms with Crippen molar-refractivity contribution in [1.29, 1.82) is 0 Å². The predicted molar refractivity (Wildman–Crippen MR) is 60.6 cm³/mol. The summed E-state index contributed by atoms with van der Waals surface area (Å²) >= 11 is 0. The molecule has 1 aromatic carbocycles. The minimum atomic E-state index is -3.33. The van der Waals surface area contributed by atoms with Crippen LogP contribution in [0.25, 0.3) is 10.9 Å².